The molecule has 5 rings (SSSR count). The zero-order valence-corrected chi connectivity index (χ0v) is 23.2. The number of amides is 3. The van der Waals surface area contributed by atoms with Crippen LogP contribution in [0.3, 0.4) is 0 Å². The van der Waals surface area contributed by atoms with Crippen LogP contribution >= 0.6 is 0 Å². The van der Waals surface area contributed by atoms with Crippen molar-refractivity contribution in [2.45, 2.75) is 26.8 Å². The molecule has 2 aliphatic rings. The summed E-state index contributed by atoms with van der Waals surface area (Å²) < 4.78 is 0. The first-order valence-corrected chi connectivity index (χ1v) is 13.3. The van der Waals surface area contributed by atoms with Gasteiger partial charge in [0.25, 0.3) is 17.7 Å². The topological polar surface area (TPSA) is 88.8 Å². The fraction of sp³-hybridized carbons (Fsp3) is 0.323. The third kappa shape index (κ3) is 5.00. The summed E-state index contributed by atoms with van der Waals surface area (Å²) in [7, 11) is 3.85. The minimum absolute atomic E-state index is 0.0127. The maximum atomic E-state index is 13.4. The monoisotopic (exact) mass is 525 g/mol. The molecule has 1 aromatic heterocycles. The average molecular weight is 526 g/mol. The number of aromatic nitrogens is 1. The molecule has 0 unspecified atom stereocenters. The average Bonchev–Trinajstić information content (AvgIpc) is 3.41. The molecule has 0 aliphatic carbocycles. The van der Waals surface area contributed by atoms with Crippen LogP contribution in [0.5, 0.6) is 0 Å². The number of hydrogen-bond donors (Lipinski definition) is 2. The minimum atomic E-state index is -0.237. The van der Waals surface area contributed by atoms with Gasteiger partial charge in [0.2, 0.25) is 0 Å². The standard InChI is InChI=1S/C31H35N5O3/c1-19-27(32-20(2)28(19)31(39)36-15-13-34(4)14-16-36)18-25-24-17-23(11-12-26(24)33-29(25)37)30(38)35(5)21(3)22-9-7-6-8-10-22/h6-12,17-18,21,32H,13-16H2,1-5H3,(H,33,37)/b25-18-/t21-/m1/s1. The highest BCUT2D eigenvalue weighted by atomic mass is 16.2. The van der Waals surface area contributed by atoms with E-state index in [1.54, 1.807) is 36.2 Å². The molecule has 8 nitrogen and oxygen atoms in total. The van der Waals surface area contributed by atoms with Gasteiger partial charge >= 0.3 is 0 Å². The lowest BCUT2D eigenvalue weighted by atomic mass is 10.0. The highest BCUT2D eigenvalue weighted by Crippen LogP contribution is 2.35. The molecule has 1 fully saturated rings. The normalized spacial score (nSPS) is 17.2. The highest BCUT2D eigenvalue weighted by Gasteiger charge is 2.29. The molecule has 0 bridgehead atoms. The first-order chi connectivity index (χ1) is 18.7. The number of nitrogens with one attached hydrogen (secondary N) is 2. The Bertz CT molecular complexity index is 1460. The number of carbonyl (C=O) groups excluding carboxylic acids is 3. The largest absolute Gasteiger partial charge is 0.358 e. The van der Waals surface area contributed by atoms with Crippen molar-refractivity contribution in [1.82, 2.24) is 19.7 Å². The quantitative estimate of drug-likeness (QED) is 0.485. The third-order valence-corrected chi connectivity index (χ3v) is 8.00. The summed E-state index contributed by atoms with van der Waals surface area (Å²) in [6.07, 6.45) is 1.79. The Hall–Kier alpha value is -4.17. The lowest BCUT2D eigenvalue weighted by molar-refractivity contribution is -0.110. The molecule has 1 saturated heterocycles. The Morgan fingerprint density at radius 3 is 2.41 bits per heavy atom. The summed E-state index contributed by atoms with van der Waals surface area (Å²) in [6, 6.07) is 15.1. The number of benzene rings is 2. The van der Waals surface area contributed by atoms with Crippen LogP contribution in [0.2, 0.25) is 0 Å². The second-order valence-electron chi connectivity index (χ2n) is 10.5. The van der Waals surface area contributed by atoms with E-state index in [0.29, 0.717) is 41.0 Å². The Morgan fingerprint density at radius 1 is 1.03 bits per heavy atom. The van der Waals surface area contributed by atoms with Crippen molar-refractivity contribution in [2.24, 2.45) is 0 Å². The van der Waals surface area contributed by atoms with Crippen molar-refractivity contribution in [2.75, 3.05) is 45.6 Å². The fourth-order valence-electron chi connectivity index (χ4n) is 5.35. The number of carbonyl (C=O) groups is 3. The van der Waals surface area contributed by atoms with Crippen LogP contribution in [0.25, 0.3) is 11.6 Å². The van der Waals surface area contributed by atoms with Crippen molar-refractivity contribution in [3.8, 4) is 0 Å². The molecule has 3 amide bonds. The molecule has 2 N–H and O–H groups in total. The van der Waals surface area contributed by atoms with Gasteiger partial charge in [0, 0.05) is 61.4 Å². The van der Waals surface area contributed by atoms with Crippen LogP contribution in [0, 0.1) is 13.8 Å². The van der Waals surface area contributed by atoms with Crippen molar-refractivity contribution in [3.05, 3.63) is 87.7 Å². The van der Waals surface area contributed by atoms with E-state index in [9.17, 15) is 14.4 Å². The van der Waals surface area contributed by atoms with Gasteiger partial charge in [-0.25, -0.2) is 0 Å². The Balaban J connectivity index is 1.43. The van der Waals surface area contributed by atoms with Gasteiger partial charge in [-0.3, -0.25) is 14.4 Å². The molecule has 202 valence electrons. The van der Waals surface area contributed by atoms with Crippen LogP contribution < -0.4 is 5.32 Å². The zero-order valence-electron chi connectivity index (χ0n) is 23.2. The predicted octanol–water partition coefficient (Wildman–Crippen LogP) is 4.35. The highest BCUT2D eigenvalue weighted by molar-refractivity contribution is 6.35. The lowest BCUT2D eigenvalue weighted by Crippen LogP contribution is -2.47. The second-order valence-corrected chi connectivity index (χ2v) is 10.5. The third-order valence-electron chi connectivity index (χ3n) is 8.00. The van der Waals surface area contributed by atoms with E-state index in [0.717, 1.165) is 35.6 Å². The molecular weight excluding hydrogens is 490 g/mol. The SMILES string of the molecule is Cc1[nH]c(/C=C2\C(=O)Nc3ccc(C(=O)N(C)[C@H](C)c4ccccc4)cc32)c(C)c1C(=O)N1CCN(C)CC1. The predicted molar refractivity (Wildman–Crippen MR) is 154 cm³/mol. The van der Waals surface area contributed by atoms with Crippen LogP contribution in [-0.2, 0) is 4.79 Å². The van der Waals surface area contributed by atoms with Gasteiger partial charge in [-0.2, -0.15) is 0 Å². The number of aryl methyl sites for hydroxylation is 1. The number of hydrogen-bond acceptors (Lipinski definition) is 4. The lowest BCUT2D eigenvalue weighted by Gasteiger charge is -2.32. The van der Waals surface area contributed by atoms with Crippen LogP contribution in [0.15, 0.2) is 48.5 Å². The van der Waals surface area contributed by atoms with Crippen molar-refractivity contribution >= 4 is 35.1 Å². The number of aromatic amines is 1. The molecule has 8 heteroatoms. The summed E-state index contributed by atoms with van der Waals surface area (Å²) in [5.74, 6) is -0.349. The summed E-state index contributed by atoms with van der Waals surface area (Å²) in [5, 5.41) is 2.91. The molecule has 0 saturated carbocycles. The van der Waals surface area contributed by atoms with Crippen molar-refractivity contribution < 1.29 is 14.4 Å². The Morgan fingerprint density at radius 2 is 1.72 bits per heavy atom. The van der Waals surface area contributed by atoms with E-state index < -0.39 is 0 Å². The Kier molecular flexibility index (Phi) is 7.14. The Labute approximate surface area is 229 Å². The van der Waals surface area contributed by atoms with Gasteiger partial charge in [-0.05, 0) is 63.2 Å². The van der Waals surface area contributed by atoms with Gasteiger partial charge in [0.1, 0.15) is 0 Å². The number of anilines is 1. The van der Waals surface area contributed by atoms with Crippen LogP contribution in [0.4, 0.5) is 5.69 Å². The molecule has 2 aromatic carbocycles. The van der Waals surface area contributed by atoms with Gasteiger partial charge in [0.15, 0.2) is 0 Å². The molecular formula is C31H35N5O3. The van der Waals surface area contributed by atoms with E-state index in [-0.39, 0.29) is 23.8 Å². The number of piperazine rings is 1. The summed E-state index contributed by atoms with van der Waals surface area (Å²) in [5.41, 5.74) is 6.32. The van der Waals surface area contributed by atoms with Crippen LogP contribution in [0.1, 0.15) is 61.8 Å². The first kappa shape index (κ1) is 26.4. The van der Waals surface area contributed by atoms with E-state index in [2.05, 4.69) is 22.2 Å². The van der Waals surface area contributed by atoms with E-state index in [4.69, 9.17) is 0 Å². The molecule has 0 spiro atoms. The molecule has 2 aliphatic heterocycles. The van der Waals surface area contributed by atoms with Gasteiger partial charge in [0.05, 0.1) is 17.2 Å². The van der Waals surface area contributed by atoms with E-state index >= 15 is 0 Å². The van der Waals surface area contributed by atoms with E-state index in [1.807, 2.05) is 56.0 Å². The van der Waals surface area contributed by atoms with Crippen LogP contribution in [-0.4, -0.2) is 77.7 Å². The van der Waals surface area contributed by atoms with Gasteiger partial charge < -0.3 is 25.0 Å². The summed E-state index contributed by atoms with van der Waals surface area (Å²) in [4.78, 5) is 48.9. The summed E-state index contributed by atoms with van der Waals surface area (Å²) in [6.45, 7) is 8.88. The zero-order chi connectivity index (χ0) is 27.8. The number of rotatable bonds is 5. The molecule has 0 radical (unpaired) electrons. The minimum Gasteiger partial charge on any atom is -0.358 e. The van der Waals surface area contributed by atoms with Crippen molar-refractivity contribution in [1.29, 1.82) is 0 Å². The molecule has 39 heavy (non-hydrogen) atoms. The number of H-pyrrole nitrogens is 1. The van der Waals surface area contributed by atoms with E-state index in [1.165, 1.54) is 0 Å². The maximum Gasteiger partial charge on any atom is 0.256 e. The molecule has 1 atom stereocenters. The summed E-state index contributed by atoms with van der Waals surface area (Å²) >= 11 is 0. The number of fused-ring (bicyclic) bond motifs is 1. The van der Waals surface area contributed by atoms with Gasteiger partial charge in [-0.1, -0.05) is 30.3 Å². The second kappa shape index (κ2) is 10.5. The first-order valence-electron chi connectivity index (χ1n) is 13.3. The number of likely N-dealkylation sites (N-methyl/N-ethyl adjacent to an activating group) is 1. The number of nitrogens with zero attached hydrogens (tertiary/aromatic N) is 3. The fourth-order valence-corrected chi connectivity index (χ4v) is 5.35. The molecule has 3 heterocycles. The maximum absolute atomic E-state index is 13.4. The molecule has 3 aromatic rings. The van der Waals surface area contributed by atoms with Crippen molar-refractivity contribution in [3.63, 3.8) is 0 Å². The smallest absolute Gasteiger partial charge is 0.256 e. The van der Waals surface area contributed by atoms with Gasteiger partial charge in [-0.15, -0.1) is 0 Å².